The Bertz CT molecular complexity index is 560. The molecule has 1 aromatic heterocycles. The van der Waals surface area contributed by atoms with Gasteiger partial charge < -0.3 is 14.6 Å². The first-order valence-electron chi connectivity index (χ1n) is 8.25. The minimum Gasteiger partial charge on any atom is -0.475 e. The van der Waals surface area contributed by atoms with Gasteiger partial charge in [0.05, 0.1) is 25.9 Å². The summed E-state index contributed by atoms with van der Waals surface area (Å²) in [4.78, 5) is 15.8. The maximum atomic E-state index is 10.6. The molecule has 1 atom stereocenters. The van der Waals surface area contributed by atoms with Crippen LogP contribution in [0.4, 0.5) is 13.2 Å². The fraction of sp³-hybridized carbons (Fsp3) is 0.750. The number of nitrogens with zero attached hydrogens (tertiary/aromatic N) is 2. The first-order valence-corrected chi connectivity index (χ1v) is 9.13. The molecule has 148 valence electrons. The average Bonchev–Trinajstić information content (AvgIpc) is 3.21. The summed E-state index contributed by atoms with van der Waals surface area (Å²) in [5.41, 5.74) is 0.419. The third-order valence-electron chi connectivity index (χ3n) is 4.64. The van der Waals surface area contributed by atoms with E-state index < -0.39 is 12.1 Å². The number of thiazole rings is 1. The highest BCUT2D eigenvalue weighted by Crippen LogP contribution is 2.42. The van der Waals surface area contributed by atoms with Crippen molar-refractivity contribution in [3.8, 4) is 0 Å². The second-order valence-corrected chi connectivity index (χ2v) is 7.58. The van der Waals surface area contributed by atoms with Gasteiger partial charge in [0.15, 0.2) is 0 Å². The molecule has 1 aromatic rings. The SMILES string of the molecule is COCC1CC2(CCN(Cc3nccs3)CC2)CO1.O=C(O)C(F)(F)F. The second kappa shape index (κ2) is 9.12. The topological polar surface area (TPSA) is 71.9 Å². The summed E-state index contributed by atoms with van der Waals surface area (Å²) in [5, 5.41) is 10.4. The fourth-order valence-electron chi connectivity index (χ4n) is 3.24. The standard InChI is InChI=1S/C14H22N2O2S.C2HF3O2/c1-17-10-12-8-14(11-18-12)2-5-16(6-3-14)9-13-15-4-7-19-13;3-2(4,5)1(6)7/h4,7,12H,2-3,5-6,8-11H2,1H3;(H,6,7). The summed E-state index contributed by atoms with van der Waals surface area (Å²) in [7, 11) is 1.75. The largest absolute Gasteiger partial charge is 0.490 e. The van der Waals surface area contributed by atoms with E-state index >= 15 is 0 Å². The van der Waals surface area contributed by atoms with Gasteiger partial charge >= 0.3 is 12.1 Å². The molecule has 0 bridgehead atoms. The molecule has 6 nitrogen and oxygen atoms in total. The van der Waals surface area contributed by atoms with Crippen molar-refractivity contribution < 1.29 is 32.5 Å². The molecule has 1 unspecified atom stereocenters. The highest BCUT2D eigenvalue weighted by molar-refractivity contribution is 7.09. The third kappa shape index (κ3) is 6.19. The molecule has 2 aliphatic heterocycles. The molecule has 2 saturated heterocycles. The molecule has 3 heterocycles. The summed E-state index contributed by atoms with van der Waals surface area (Å²) in [5.74, 6) is -2.76. The van der Waals surface area contributed by atoms with Crippen LogP contribution in [0.1, 0.15) is 24.3 Å². The van der Waals surface area contributed by atoms with Gasteiger partial charge in [-0.05, 0) is 37.8 Å². The minimum absolute atomic E-state index is 0.315. The Labute approximate surface area is 153 Å². The number of aromatic nitrogens is 1. The highest BCUT2D eigenvalue weighted by Gasteiger charge is 2.42. The van der Waals surface area contributed by atoms with E-state index in [1.807, 2.05) is 6.20 Å². The van der Waals surface area contributed by atoms with Crippen molar-refractivity contribution >= 4 is 17.3 Å². The molecule has 2 aliphatic rings. The van der Waals surface area contributed by atoms with Gasteiger partial charge in [0, 0.05) is 18.7 Å². The molecule has 0 aromatic carbocycles. The van der Waals surface area contributed by atoms with Crippen LogP contribution in [0.25, 0.3) is 0 Å². The number of carboxylic acids is 1. The van der Waals surface area contributed by atoms with Crippen LogP contribution >= 0.6 is 11.3 Å². The summed E-state index contributed by atoms with van der Waals surface area (Å²) in [6, 6.07) is 0. The number of hydrogen-bond acceptors (Lipinski definition) is 6. The Kier molecular flexibility index (Phi) is 7.39. The first kappa shape index (κ1) is 21.1. The number of aliphatic carboxylic acids is 1. The fourth-order valence-corrected chi connectivity index (χ4v) is 3.90. The molecule has 0 saturated carbocycles. The zero-order valence-corrected chi connectivity index (χ0v) is 15.3. The van der Waals surface area contributed by atoms with Crippen LogP contribution in [-0.4, -0.2) is 66.7 Å². The number of ether oxygens (including phenoxy) is 2. The van der Waals surface area contributed by atoms with Gasteiger partial charge in [-0.1, -0.05) is 0 Å². The number of methoxy groups -OCH3 is 1. The zero-order chi connectivity index (χ0) is 19.2. The Hall–Kier alpha value is -1.23. The quantitative estimate of drug-likeness (QED) is 0.844. The molecule has 0 aliphatic carbocycles. The predicted molar refractivity (Wildman–Crippen MR) is 89.0 cm³/mol. The lowest BCUT2D eigenvalue weighted by Gasteiger charge is -2.38. The molecule has 0 amide bonds. The molecule has 1 N–H and O–H groups in total. The van der Waals surface area contributed by atoms with Gasteiger partial charge in [0.1, 0.15) is 5.01 Å². The van der Waals surface area contributed by atoms with Crippen molar-refractivity contribution in [2.45, 2.75) is 38.1 Å². The van der Waals surface area contributed by atoms with Gasteiger partial charge in [-0.25, -0.2) is 9.78 Å². The molecule has 3 rings (SSSR count). The lowest BCUT2D eigenvalue weighted by Crippen LogP contribution is -2.40. The molecular formula is C16H23F3N2O4S. The number of carbonyl (C=O) groups is 1. The normalized spacial score (nSPS) is 22.8. The number of piperidine rings is 1. The predicted octanol–water partition coefficient (Wildman–Crippen LogP) is 2.79. The Morgan fingerprint density at radius 1 is 1.50 bits per heavy atom. The van der Waals surface area contributed by atoms with Gasteiger partial charge in [0.2, 0.25) is 0 Å². The monoisotopic (exact) mass is 396 g/mol. The van der Waals surface area contributed by atoms with Crippen LogP contribution in [0.5, 0.6) is 0 Å². The van der Waals surface area contributed by atoms with Gasteiger partial charge in [-0.15, -0.1) is 11.3 Å². The Morgan fingerprint density at radius 2 is 2.15 bits per heavy atom. The molecule has 0 radical (unpaired) electrons. The maximum absolute atomic E-state index is 10.6. The van der Waals surface area contributed by atoms with Crippen LogP contribution < -0.4 is 0 Å². The number of hydrogen-bond donors (Lipinski definition) is 1. The summed E-state index contributed by atoms with van der Waals surface area (Å²) in [6.45, 7) is 5.01. The highest BCUT2D eigenvalue weighted by atomic mass is 32.1. The summed E-state index contributed by atoms with van der Waals surface area (Å²) in [6.07, 6.45) is 0.796. The van der Waals surface area contributed by atoms with Crippen molar-refractivity contribution in [1.82, 2.24) is 9.88 Å². The smallest absolute Gasteiger partial charge is 0.475 e. The number of rotatable bonds is 4. The maximum Gasteiger partial charge on any atom is 0.490 e. The van der Waals surface area contributed by atoms with Crippen LogP contribution in [-0.2, 0) is 20.8 Å². The van der Waals surface area contributed by atoms with E-state index in [4.69, 9.17) is 19.4 Å². The number of carboxylic acid groups (broad SMARTS) is 1. The molecule has 1 spiro atoms. The molecule has 2 fully saturated rings. The van der Waals surface area contributed by atoms with E-state index in [9.17, 15) is 13.2 Å². The van der Waals surface area contributed by atoms with E-state index in [0.29, 0.717) is 11.5 Å². The van der Waals surface area contributed by atoms with E-state index in [1.54, 1.807) is 18.4 Å². The van der Waals surface area contributed by atoms with Gasteiger partial charge in [-0.2, -0.15) is 13.2 Å². The lowest BCUT2D eigenvalue weighted by atomic mass is 9.77. The van der Waals surface area contributed by atoms with Crippen LogP contribution in [0.3, 0.4) is 0 Å². The van der Waals surface area contributed by atoms with Crippen molar-refractivity contribution in [3.05, 3.63) is 16.6 Å². The van der Waals surface area contributed by atoms with Gasteiger partial charge in [-0.3, -0.25) is 4.90 Å². The lowest BCUT2D eigenvalue weighted by molar-refractivity contribution is -0.192. The number of alkyl halides is 3. The van der Waals surface area contributed by atoms with Crippen molar-refractivity contribution in [2.75, 3.05) is 33.4 Å². The van der Waals surface area contributed by atoms with E-state index in [-0.39, 0.29) is 0 Å². The summed E-state index contributed by atoms with van der Waals surface area (Å²) < 4.78 is 42.8. The van der Waals surface area contributed by atoms with Crippen LogP contribution in [0, 0.1) is 5.41 Å². The molecule has 10 heteroatoms. The van der Waals surface area contributed by atoms with Crippen molar-refractivity contribution in [3.63, 3.8) is 0 Å². The second-order valence-electron chi connectivity index (χ2n) is 6.60. The van der Waals surface area contributed by atoms with Crippen LogP contribution in [0.2, 0.25) is 0 Å². The molecular weight excluding hydrogens is 373 g/mol. The van der Waals surface area contributed by atoms with E-state index in [2.05, 4.69) is 15.3 Å². The van der Waals surface area contributed by atoms with E-state index in [0.717, 1.165) is 19.8 Å². The Morgan fingerprint density at radius 3 is 2.65 bits per heavy atom. The zero-order valence-electron chi connectivity index (χ0n) is 14.5. The van der Waals surface area contributed by atoms with Crippen LogP contribution in [0.15, 0.2) is 11.6 Å². The number of halogens is 3. The number of likely N-dealkylation sites (tertiary alicyclic amines) is 1. The van der Waals surface area contributed by atoms with E-state index in [1.165, 1.54) is 37.4 Å². The third-order valence-corrected chi connectivity index (χ3v) is 5.40. The molecule has 26 heavy (non-hydrogen) atoms. The van der Waals surface area contributed by atoms with Gasteiger partial charge in [0.25, 0.3) is 0 Å². The van der Waals surface area contributed by atoms with Crippen molar-refractivity contribution in [2.24, 2.45) is 5.41 Å². The first-order chi connectivity index (χ1) is 12.2. The van der Waals surface area contributed by atoms with Crippen molar-refractivity contribution in [1.29, 1.82) is 0 Å². The minimum atomic E-state index is -5.08. The summed E-state index contributed by atoms with van der Waals surface area (Å²) >= 11 is 1.75. The average molecular weight is 396 g/mol. The Balaban J connectivity index is 0.000000298.